The van der Waals surface area contributed by atoms with E-state index in [-0.39, 0.29) is 22.4 Å². The summed E-state index contributed by atoms with van der Waals surface area (Å²) in [5.74, 6) is 0.774. The van der Waals surface area contributed by atoms with Crippen LogP contribution in [0.25, 0.3) is 0 Å². The van der Waals surface area contributed by atoms with Gasteiger partial charge in [0, 0.05) is 17.8 Å². The Morgan fingerprint density at radius 1 is 1.14 bits per heavy atom. The molecular weight excluding hydrogens is 324 g/mol. The topological polar surface area (TPSA) is 24.9 Å². The van der Waals surface area contributed by atoms with Gasteiger partial charge in [0.25, 0.3) is 0 Å². The third kappa shape index (κ3) is 4.70. The van der Waals surface area contributed by atoms with E-state index in [1.54, 1.807) is 0 Å². The zero-order valence-corrected chi connectivity index (χ0v) is 14.8. The number of unbranched alkanes of at least 4 members (excludes halogenated alkanes) is 1. The van der Waals surface area contributed by atoms with Gasteiger partial charge >= 0.3 is 0 Å². The highest BCUT2D eigenvalue weighted by Gasteiger charge is 2.30. The molecule has 2 heterocycles. The van der Waals surface area contributed by atoms with Crippen LogP contribution in [0, 0.1) is 5.92 Å². The quantitative estimate of drug-likeness (QED) is 0.736. The highest BCUT2D eigenvalue weighted by Crippen LogP contribution is 2.37. The average Bonchev–Trinajstić information content (AvgIpc) is 2.53. The SMILES string of the molecule is Br.CCCCC(CC)CC1(c2ccncc2)C=CNC=C1. The molecule has 1 aromatic rings. The molecule has 3 heteroatoms. The lowest BCUT2D eigenvalue weighted by Crippen LogP contribution is -2.28. The molecule has 0 spiro atoms. The van der Waals surface area contributed by atoms with E-state index in [9.17, 15) is 0 Å². The number of halogens is 1. The number of aromatic nitrogens is 1. The minimum atomic E-state index is 0. The maximum Gasteiger partial charge on any atom is 0.0349 e. The van der Waals surface area contributed by atoms with Crippen LogP contribution in [0.15, 0.2) is 49.1 Å². The van der Waals surface area contributed by atoms with Gasteiger partial charge in [-0.25, -0.2) is 0 Å². The van der Waals surface area contributed by atoms with Gasteiger partial charge in [-0.15, -0.1) is 17.0 Å². The number of dihydropyridines is 1. The molecule has 0 saturated carbocycles. The average molecular weight is 351 g/mol. The van der Waals surface area contributed by atoms with E-state index in [1.807, 2.05) is 12.4 Å². The van der Waals surface area contributed by atoms with Crippen LogP contribution in [-0.4, -0.2) is 4.98 Å². The highest BCUT2D eigenvalue weighted by atomic mass is 79.9. The van der Waals surface area contributed by atoms with E-state index in [2.05, 4.69) is 60.8 Å². The summed E-state index contributed by atoms with van der Waals surface area (Å²) in [4.78, 5) is 4.16. The summed E-state index contributed by atoms with van der Waals surface area (Å²) in [7, 11) is 0. The largest absolute Gasteiger partial charge is 0.368 e. The van der Waals surface area contributed by atoms with Gasteiger partial charge in [0.05, 0.1) is 0 Å². The van der Waals surface area contributed by atoms with Crippen molar-refractivity contribution in [3.05, 3.63) is 54.6 Å². The third-order valence-corrected chi connectivity index (χ3v) is 4.34. The molecule has 1 unspecified atom stereocenters. The molecule has 0 saturated heterocycles. The second-order valence-corrected chi connectivity index (χ2v) is 5.73. The molecule has 0 fully saturated rings. The molecule has 1 atom stereocenters. The molecule has 0 bridgehead atoms. The first-order chi connectivity index (χ1) is 9.80. The molecule has 116 valence electrons. The Hall–Kier alpha value is -1.09. The number of rotatable bonds is 7. The number of hydrogen-bond donors (Lipinski definition) is 1. The van der Waals surface area contributed by atoms with Crippen molar-refractivity contribution in [1.82, 2.24) is 10.3 Å². The van der Waals surface area contributed by atoms with Crippen LogP contribution in [0.5, 0.6) is 0 Å². The van der Waals surface area contributed by atoms with Gasteiger partial charge in [-0.05, 0) is 42.4 Å². The summed E-state index contributed by atoms with van der Waals surface area (Å²) in [5, 5.41) is 3.17. The lowest BCUT2D eigenvalue weighted by atomic mass is 9.72. The summed E-state index contributed by atoms with van der Waals surface area (Å²) >= 11 is 0. The Labute approximate surface area is 139 Å². The van der Waals surface area contributed by atoms with Crippen LogP contribution >= 0.6 is 17.0 Å². The number of pyridine rings is 1. The molecule has 0 aliphatic carbocycles. The third-order valence-electron chi connectivity index (χ3n) is 4.34. The molecular formula is C18H27BrN2. The zero-order valence-electron chi connectivity index (χ0n) is 13.1. The lowest BCUT2D eigenvalue weighted by molar-refractivity contribution is 0.368. The summed E-state index contributed by atoms with van der Waals surface area (Å²) in [6.07, 6.45) is 18.9. The highest BCUT2D eigenvalue weighted by molar-refractivity contribution is 8.93. The predicted octanol–water partition coefficient (Wildman–Crippen LogP) is 5.13. The van der Waals surface area contributed by atoms with Crippen molar-refractivity contribution >= 4 is 17.0 Å². The fraction of sp³-hybridized carbons (Fsp3) is 0.500. The minimum absolute atomic E-state index is 0. The molecule has 1 aliphatic heterocycles. The smallest absolute Gasteiger partial charge is 0.0349 e. The van der Waals surface area contributed by atoms with Gasteiger partial charge in [0.2, 0.25) is 0 Å². The fourth-order valence-corrected chi connectivity index (χ4v) is 3.03. The first-order valence-electron chi connectivity index (χ1n) is 7.82. The second-order valence-electron chi connectivity index (χ2n) is 5.73. The molecule has 1 aromatic heterocycles. The van der Waals surface area contributed by atoms with Crippen LogP contribution in [0.4, 0.5) is 0 Å². The van der Waals surface area contributed by atoms with Gasteiger partial charge in [0.1, 0.15) is 0 Å². The molecule has 0 aromatic carbocycles. The molecule has 2 nitrogen and oxygen atoms in total. The molecule has 2 rings (SSSR count). The summed E-state index contributed by atoms with van der Waals surface area (Å²) in [6, 6.07) is 4.29. The standard InChI is InChI=1S/C18H26N2.BrH/c1-3-5-6-16(4-2)15-18(9-13-20-14-10-18)17-7-11-19-12-8-17;/h7-14,16,20H,3-6,15H2,1-2H3;1H. The Morgan fingerprint density at radius 2 is 1.81 bits per heavy atom. The van der Waals surface area contributed by atoms with Crippen molar-refractivity contribution in [2.24, 2.45) is 5.92 Å². The number of hydrogen-bond acceptors (Lipinski definition) is 2. The molecule has 1 aliphatic rings. The molecule has 1 N–H and O–H groups in total. The van der Waals surface area contributed by atoms with Gasteiger partial charge in [-0.1, -0.05) is 51.7 Å². The monoisotopic (exact) mass is 350 g/mol. The minimum Gasteiger partial charge on any atom is -0.368 e. The molecule has 21 heavy (non-hydrogen) atoms. The van der Waals surface area contributed by atoms with Crippen molar-refractivity contribution in [2.75, 3.05) is 0 Å². The van der Waals surface area contributed by atoms with E-state index in [0.29, 0.717) is 0 Å². The number of nitrogens with zero attached hydrogens (tertiary/aromatic N) is 1. The normalized spacial score (nSPS) is 16.9. The van der Waals surface area contributed by atoms with Crippen molar-refractivity contribution in [3.8, 4) is 0 Å². The Kier molecular flexibility index (Phi) is 7.73. The summed E-state index contributed by atoms with van der Waals surface area (Å²) in [5.41, 5.74) is 1.37. The first kappa shape index (κ1) is 18.0. The van der Waals surface area contributed by atoms with E-state index in [1.165, 1.54) is 37.7 Å². The van der Waals surface area contributed by atoms with Crippen molar-refractivity contribution in [3.63, 3.8) is 0 Å². The molecule has 0 radical (unpaired) electrons. The van der Waals surface area contributed by atoms with Crippen LogP contribution in [-0.2, 0) is 5.41 Å². The number of nitrogens with one attached hydrogen (secondary N) is 1. The maximum atomic E-state index is 4.16. The van der Waals surface area contributed by atoms with Crippen LogP contribution in [0.2, 0.25) is 0 Å². The second kappa shape index (κ2) is 9.04. The lowest BCUT2D eigenvalue weighted by Gasteiger charge is -2.33. The van der Waals surface area contributed by atoms with E-state index >= 15 is 0 Å². The zero-order chi connectivity index (χ0) is 14.3. The predicted molar refractivity (Wildman–Crippen MR) is 95.6 cm³/mol. The van der Waals surface area contributed by atoms with Gasteiger partial charge in [0.15, 0.2) is 0 Å². The van der Waals surface area contributed by atoms with Crippen molar-refractivity contribution in [1.29, 1.82) is 0 Å². The van der Waals surface area contributed by atoms with Crippen LogP contribution < -0.4 is 5.32 Å². The maximum absolute atomic E-state index is 4.16. The van der Waals surface area contributed by atoms with Gasteiger partial charge < -0.3 is 5.32 Å². The van der Waals surface area contributed by atoms with Crippen molar-refractivity contribution < 1.29 is 0 Å². The van der Waals surface area contributed by atoms with Gasteiger partial charge in [-0.3, -0.25) is 4.98 Å². The van der Waals surface area contributed by atoms with E-state index in [0.717, 1.165) is 5.92 Å². The van der Waals surface area contributed by atoms with Gasteiger partial charge in [-0.2, -0.15) is 0 Å². The molecule has 0 amide bonds. The Bertz CT molecular complexity index is 442. The van der Waals surface area contributed by atoms with Crippen LogP contribution in [0.1, 0.15) is 51.5 Å². The Balaban J connectivity index is 0.00000220. The summed E-state index contributed by atoms with van der Waals surface area (Å²) in [6.45, 7) is 4.59. The van der Waals surface area contributed by atoms with Crippen LogP contribution in [0.3, 0.4) is 0 Å². The Morgan fingerprint density at radius 3 is 2.38 bits per heavy atom. The summed E-state index contributed by atoms with van der Waals surface area (Å²) < 4.78 is 0. The van der Waals surface area contributed by atoms with E-state index < -0.39 is 0 Å². The fourth-order valence-electron chi connectivity index (χ4n) is 3.03. The first-order valence-corrected chi connectivity index (χ1v) is 7.82. The van der Waals surface area contributed by atoms with E-state index in [4.69, 9.17) is 0 Å². The van der Waals surface area contributed by atoms with Crippen molar-refractivity contribution in [2.45, 2.75) is 51.4 Å². The number of allylic oxidation sites excluding steroid dienone is 2.